The molecule has 8 heteroatoms. The summed E-state index contributed by atoms with van der Waals surface area (Å²) in [6.45, 7) is 1.77. The highest BCUT2D eigenvalue weighted by Gasteiger charge is 2.34. The van der Waals surface area contributed by atoms with Crippen LogP contribution in [0.2, 0.25) is 0 Å². The summed E-state index contributed by atoms with van der Waals surface area (Å²) in [4.78, 5) is 12.5. The number of nitrogens with two attached hydrogens (primary N) is 1. The summed E-state index contributed by atoms with van der Waals surface area (Å²) in [6, 6.07) is 13.6. The Morgan fingerprint density at radius 1 is 1.18 bits per heavy atom. The molecule has 0 spiro atoms. The standard InChI is InChI=1S/C20H21F3N4O/c1-12(24)19(15-8-7-13-5-3-4-6-14(13)9-15)25-18(28)11-16-10-17(20(21,22)23)26-27(16)2/h3-10,12,19H,11,24H2,1-2H3,(H,25,28). The van der Waals surface area contributed by atoms with E-state index in [1.165, 1.54) is 7.05 Å². The fourth-order valence-corrected chi connectivity index (χ4v) is 3.12. The van der Waals surface area contributed by atoms with Crippen LogP contribution in [0.5, 0.6) is 0 Å². The maximum absolute atomic E-state index is 12.8. The number of amides is 1. The highest BCUT2D eigenvalue weighted by molar-refractivity contribution is 5.83. The SMILES string of the molecule is CC(N)C(NC(=O)Cc1cc(C(F)(F)F)nn1C)c1ccc2ccccc2c1. The van der Waals surface area contributed by atoms with Gasteiger partial charge in [-0.3, -0.25) is 9.48 Å². The van der Waals surface area contributed by atoms with Crippen LogP contribution in [-0.2, 0) is 24.4 Å². The predicted octanol–water partition coefficient (Wildman–Crippen LogP) is 3.34. The molecule has 1 aromatic heterocycles. The van der Waals surface area contributed by atoms with Crippen molar-refractivity contribution in [1.82, 2.24) is 15.1 Å². The number of halogens is 3. The fraction of sp³-hybridized carbons (Fsp3) is 0.300. The number of hydrogen-bond acceptors (Lipinski definition) is 3. The number of nitrogens with zero attached hydrogens (tertiary/aromatic N) is 2. The van der Waals surface area contributed by atoms with Crippen molar-refractivity contribution in [2.45, 2.75) is 31.6 Å². The van der Waals surface area contributed by atoms with Gasteiger partial charge in [0.1, 0.15) is 0 Å². The van der Waals surface area contributed by atoms with E-state index in [-0.39, 0.29) is 18.2 Å². The summed E-state index contributed by atoms with van der Waals surface area (Å²) in [5, 5.41) is 8.34. The van der Waals surface area contributed by atoms with E-state index in [9.17, 15) is 18.0 Å². The van der Waals surface area contributed by atoms with Crippen LogP contribution >= 0.6 is 0 Å². The van der Waals surface area contributed by atoms with E-state index in [2.05, 4.69) is 10.4 Å². The van der Waals surface area contributed by atoms with E-state index in [1.807, 2.05) is 42.5 Å². The molecule has 5 nitrogen and oxygen atoms in total. The molecule has 3 rings (SSSR count). The molecule has 2 aromatic carbocycles. The van der Waals surface area contributed by atoms with Crippen LogP contribution in [0.4, 0.5) is 13.2 Å². The van der Waals surface area contributed by atoms with E-state index in [0.717, 1.165) is 27.1 Å². The summed E-state index contributed by atoms with van der Waals surface area (Å²) < 4.78 is 39.4. The summed E-state index contributed by atoms with van der Waals surface area (Å²) in [6.07, 6.45) is -4.78. The Bertz CT molecular complexity index is 995. The monoisotopic (exact) mass is 390 g/mol. The molecule has 28 heavy (non-hydrogen) atoms. The minimum absolute atomic E-state index is 0.173. The fourth-order valence-electron chi connectivity index (χ4n) is 3.12. The number of aryl methyl sites for hydroxylation is 1. The highest BCUT2D eigenvalue weighted by atomic mass is 19.4. The molecular formula is C20H21F3N4O. The number of carbonyl (C=O) groups excluding carboxylic acids is 1. The van der Waals surface area contributed by atoms with Gasteiger partial charge in [-0.25, -0.2) is 0 Å². The first kappa shape index (κ1) is 19.9. The van der Waals surface area contributed by atoms with E-state index in [4.69, 9.17) is 5.73 Å². The predicted molar refractivity (Wildman–Crippen MR) is 100 cm³/mol. The molecular weight excluding hydrogens is 369 g/mol. The van der Waals surface area contributed by atoms with Crippen molar-refractivity contribution in [3.05, 3.63) is 65.5 Å². The average molecular weight is 390 g/mol. The molecule has 0 fully saturated rings. The molecule has 1 amide bonds. The van der Waals surface area contributed by atoms with E-state index in [0.29, 0.717) is 0 Å². The smallest absolute Gasteiger partial charge is 0.347 e. The van der Waals surface area contributed by atoms with Crippen molar-refractivity contribution in [1.29, 1.82) is 0 Å². The first-order chi connectivity index (χ1) is 13.1. The van der Waals surface area contributed by atoms with Crippen LogP contribution in [0.15, 0.2) is 48.5 Å². The van der Waals surface area contributed by atoms with Crippen LogP contribution in [0.25, 0.3) is 10.8 Å². The Balaban J connectivity index is 1.79. The van der Waals surface area contributed by atoms with Crippen molar-refractivity contribution < 1.29 is 18.0 Å². The number of aromatic nitrogens is 2. The Morgan fingerprint density at radius 2 is 1.86 bits per heavy atom. The van der Waals surface area contributed by atoms with Crippen LogP contribution in [0.1, 0.15) is 29.9 Å². The first-order valence-electron chi connectivity index (χ1n) is 8.79. The molecule has 0 aliphatic carbocycles. The average Bonchev–Trinajstić information content (AvgIpc) is 3.00. The number of alkyl halides is 3. The zero-order chi connectivity index (χ0) is 20.5. The number of rotatable bonds is 5. The number of nitrogens with one attached hydrogen (secondary N) is 1. The molecule has 0 aliphatic heterocycles. The lowest BCUT2D eigenvalue weighted by Gasteiger charge is -2.23. The number of fused-ring (bicyclic) bond motifs is 1. The molecule has 0 bridgehead atoms. The topological polar surface area (TPSA) is 72.9 Å². The summed E-state index contributed by atoms with van der Waals surface area (Å²) in [5.41, 5.74) is 6.06. The van der Waals surface area contributed by atoms with Gasteiger partial charge in [0.25, 0.3) is 0 Å². The van der Waals surface area contributed by atoms with Crippen molar-refractivity contribution in [2.75, 3.05) is 0 Å². The van der Waals surface area contributed by atoms with E-state index in [1.54, 1.807) is 6.92 Å². The van der Waals surface area contributed by atoms with Gasteiger partial charge in [0.05, 0.1) is 12.5 Å². The van der Waals surface area contributed by atoms with Gasteiger partial charge in [0.2, 0.25) is 5.91 Å². The van der Waals surface area contributed by atoms with Crippen molar-refractivity contribution in [2.24, 2.45) is 12.8 Å². The Morgan fingerprint density at radius 3 is 2.46 bits per heavy atom. The third-order valence-corrected chi connectivity index (χ3v) is 4.58. The molecule has 148 valence electrons. The highest BCUT2D eigenvalue weighted by Crippen LogP contribution is 2.28. The third-order valence-electron chi connectivity index (χ3n) is 4.58. The van der Waals surface area contributed by atoms with E-state index >= 15 is 0 Å². The zero-order valence-corrected chi connectivity index (χ0v) is 15.5. The molecule has 1 heterocycles. The quantitative estimate of drug-likeness (QED) is 0.702. The second-order valence-electron chi connectivity index (χ2n) is 6.83. The second kappa shape index (κ2) is 7.63. The van der Waals surface area contributed by atoms with Gasteiger partial charge in [-0.15, -0.1) is 0 Å². The van der Waals surface area contributed by atoms with Gasteiger partial charge in [0.15, 0.2) is 5.69 Å². The Labute approximate surface area is 160 Å². The third kappa shape index (κ3) is 4.33. The van der Waals surface area contributed by atoms with E-state index < -0.39 is 23.8 Å². The van der Waals surface area contributed by atoms with Crippen molar-refractivity contribution in [3.8, 4) is 0 Å². The molecule has 0 saturated heterocycles. The molecule has 0 saturated carbocycles. The summed E-state index contributed by atoms with van der Waals surface area (Å²) in [7, 11) is 1.38. The maximum Gasteiger partial charge on any atom is 0.435 e. The minimum atomic E-state index is -4.55. The summed E-state index contributed by atoms with van der Waals surface area (Å²) >= 11 is 0. The van der Waals surface area contributed by atoms with Gasteiger partial charge in [0, 0.05) is 18.8 Å². The van der Waals surface area contributed by atoms with Gasteiger partial charge in [-0.1, -0.05) is 36.4 Å². The van der Waals surface area contributed by atoms with Gasteiger partial charge < -0.3 is 11.1 Å². The lowest BCUT2D eigenvalue weighted by atomic mass is 9.97. The van der Waals surface area contributed by atoms with Crippen molar-refractivity contribution in [3.63, 3.8) is 0 Å². The van der Waals surface area contributed by atoms with Crippen LogP contribution in [-0.4, -0.2) is 21.7 Å². The normalized spacial score (nSPS) is 14.1. The zero-order valence-electron chi connectivity index (χ0n) is 15.5. The largest absolute Gasteiger partial charge is 0.435 e. The number of carbonyl (C=O) groups is 1. The molecule has 3 N–H and O–H groups in total. The summed E-state index contributed by atoms with van der Waals surface area (Å²) in [5.74, 6) is -0.424. The molecule has 0 radical (unpaired) electrons. The Hall–Kier alpha value is -2.87. The van der Waals surface area contributed by atoms with Gasteiger partial charge in [-0.05, 0) is 35.4 Å². The van der Waals surface area contributed by atoms with Crippen LogP contribution < -0.4 is 11.1 Å². The number of hydrogen-bond donors (Lipinski definition) is 2. The molecule has 2 atom stereocenters. The van der Waals surface area contributed by atoms with Gasteiger partial charge >= 0.3 is 6.18 Å². The minimum Gasteiger partial charge on any atom is -0.347 e. The number of benzene rings is 2. The maximum atomic E-state index is 12.8. The van der Waals surface area contributed by atoms with Crippen molar-refractivity contribution >= 4 is 16.7 Å². The van der Waals surface area contributed by atoms with Crippen LogP contribution in [0.3, 0.4) is 0 Å². The Kier molecular flexibility index (Phi) is 5.42. The van der Waals surface area contributed by atoms with Crippen LogP contribution in [0, 0.1) is 0 Å². The second-order valence-corrected chi connectivity index (χ2v) is 6.83. The lowest BCUT2D eigenvalue weighted by molar-refractivity contribution is -0.141. The molecule has 3 aromatic rings. The first-order valence-corrected chi connectivity index (χ1v) is 8.79. The molecule has 2 unspecified atom stereocenters. The molecule has 0 aliphatic rings. The lowest BCUT2D eigenvalue weighted by Crippen LogP contribution is -2.40. The van der Waals surface area contributed by atoms with Gasteiger partial charge in [-0.2, -0.15) is 18.3 Å².